The van der Waals surface area contributed by atoms with Crippen LogP contribution in [-0.2, 0) is 0 Å². The summed E-state index contributed by atoms with van der Waals surface area (Å²) in [4.78, 5) is 13.9. The van der Waals surface area contributed by atoms with Crippen LogP contribution in [0.15, 0.2) is 35.1 Å². The third-order valence-electron chi connectivity index (χ3n) is 2.49. The van der Waals surface area contributed by atoms with Gasteiger partial charge < -0.3 is 9.72 Å². The summed E-state index contributed by atoms with van der Waals surface area (Å²) in [7, 11) is 0. The Hall–Kier alpha value is -1.29. The lowest BCUT2D eigenvalue weighted by molar-refractivity contribution is 0.310. The maximum Gasteiger partial charge on any atom is 0.248 e. The normalized spacial score (nSPS) is 10.6. The molecule has 1 heterocycles. The van der Waals surface area contributed by atoms with Crippen LogP contribution in [0.1, 0.15) is 12.8 Å². The molecule has 1 aromatic heterocycles. The van der Waals surface area contributed by atoms with Crippen LogP contribution in [0.5, 0.6) is 5.75 Å². The van der Waals surface area contributed by atoms with E-state index in [-0.39, 0.29) is 5.56 Å². The maximum atomic E-state index is 11.1. The van der Waals surface area contributed by atoms with Crippen molar-refractivity contribution >= 4 is 26.8 Å². The van der Waals surface area contributed by atoms with E-state index in [4.69, 9.17) is 4.74 Å². The van der Waals surface area contributed by atoms with Gasteiger partial charge in [-0.2, -0.15) is 0 Å². The first-order valence-electron chi connectivity index (χ1n) is 5.61. The van der Waals surface area contributed by atoms with E-state index in [9.17, 15) is 4.79 Å². The van der Waals surface area contributed by atoms with Crippen LogP contribution in [0.3, 0.4) is 0 Å². The number of fused-ring (bicyclic) bond motifs is 1. The van der Waals surface area contributed by atoms with Crippen molar-refractivity contribution in [2.24, 2.45) is 0 Å². The van der Waals surface area contributed by atoms with Crippen molar-refractivity contribution in [1.82, 2.24) is 4.98 Å². The largest absolute Gasteiger partial charge is 0.494 e. The Labute approximate surface area is 108 Å². The van der Waals surface area contributed by atoms with Crippen LogP contribution in [0.2, 0.25) is 0 Å². The zero-order chi connectivity index (χ0) is 12.1. The minimum Gasteiger partial charge on any atom is -0.494 e. The predicted octanol–water partition coefficient (Wildman–Crippen LogP) is 3.08. The van der Waals surface area contributed by atoms with Crippen molar-refractivity contribution < 1.29 is 4.74 Å². The first-order valence-corrected chi connectivity index (χ1v) is 6.73. The molecule has 0 saturated carbocycles. The van der Waals surface area contributed by atoms with Gasteiger partial charge in [0.2, 0.25) is 5.56 Å². The van der Waals surface area contributed by atoms with E-state index in [0.29, 0.717) is 0 Å². The number of benzene rings is 1. The lowest BCUT2D eigenvalue weighted by Crippen LogP contribution is -2.02. The van der Waals surface area contributed by atoms with Gasteiger partial charge in [-0.25, -0.2) is 0 Å². The monoisotopic (exact) mass is 295 g/mol. The quantitative estimate of drug-likeness (QED) is 0.680. The van der Waals surface area contributed by atoms with Gasteiger partial charge in [0, 0.05) is 22.3 Å². The highest BCUT2D eigenvalue weighted by Gasteiger charge is 1.98. The van der Waals surface area contributed by atoms with E-state index >= 15 is 0 Å². The maximum absolute atomic E-state index is 11.1. The molecule has 4 heteroatoms. The minimum atomic E-state index is -0.0801. The molecule has 0 unspecified atom stereocenters. The molecule has 0 atom stereocenters. The number of ether oxygens (including phenoxy) is 1. The molecule has 2 rings (SSSR count). The van der Waals surface area contributed by atoms with E-state index in [1.165, 1.54) is 6.07 Å². The van der Waals surface area contributed by atoms with Gasteiger partial charge in [-0.05, 0) is 37.1 Å². The highest BCUT2D eigenvalue weighted by molar-refractivity contribution is 9.09. The van der Waals surface area contributed by atoms with Crippen LogP contribution >= 0.6 is 15.9 Å². The van der Waals surface area contributed by atoms with E-state index in [1.54, 1.807) is 6.07 Å². The highest BCUT2D eigenvalue weighted by atomic mass is 79.9. The second-order valence-electron chi connectivity index (χ2n) is 3.82. The second kappa shape index (κ2) is 5.87. The molecule has 0 radical (unpaired) electrons. The number of alkyl halides is 1. The zero-order valence-corrected chi connectivity index (χ0v) is 11.0. The first kappa shape index (κ1) is 12.2. The van der Waals surface area contributed by atoms with Gasteiger partial charge in [-0.15, -0.1) is 0 Å². The van der Waals surface area contributed by atoms with E-state index in [2.05, 4.69) is 20.9 Å². The molecule has 0 spiro atoms. The Bertz CT molecular complexity index is 550. The summed E-state index contributed by atoms with van der Waals surface area (Å²) in [6, 6.07) is 9.03. The van der Waals surface area contributed by atoms with Crippen molar-refractivity contribution in [3.05, 3.63) is 40.7 Å². The van der Waals surface area contributed by atoms with Crippen LogP contribution < -0.4 is 10.3 Å². The molecule has 1 N–H and O–H groups in total. The Morgan fingerprint density at radius 1 is 1.18 bits per heavy atom. The number of H-pyrrole nitrogens is 1. The average molecular weight is 296 g/mol. The smallest absolute Gasteiger partial charge is 0.248 e. The molecular formula is C13H14BrNO2. The lowest BCUT2D eigenvalue weighted by atomic mass is 10.2. The summed E-state index contributed by atoms with van der Waals surface area (Å²) < 4.78 is 5.63. The van der Waals surface area contributed by atoms with Gasteiger partial charge in [0.15, 0.2) is 0 Å². The van der Waals surface area contributed by atoms with Gasteiger partial charge in [0.05, 0.1) is 6.61 Å². The fourth-order valence-electron chi connectivity index (χ4n) is 1.61. The van der Waals surface area contributed by atoms with Crippen LogP contribution in [0.25, 0.3) is 10.9 Å². The van der Waals surface area contributed by atoms with Crippen molar-refractivity contribution in [1.29, 1.82) is 0 Å². The van der Waals surface area contributed by atoms with E-state index in [1.807, 2.05) is 18.2 Å². The summed E-state index contributed by atoms with van der Waals surface area (Å²) in [5.74, 6) is 0.846. The molecule has 17 heavy (non-hydrogen) atoms. The third-order valence-corrected chi connectivity index (χ3v) is 3.05. The Morgan fingerprint density at radius 3 is 2.88 bits per heavy atom. The number of hydrogen-bond acceptors (Lipinski definition) is 2. The Morgan fingerprint density at radius 2 is 2.06 bits per heavy atom. The van der Waals surface area contributed by atoms with Gasteiger partial charge in [0.1, 0.15) is 5.75 Å². The Kier molecular flexibility index (Phi) is 4.20. The topological polar surface area (TPSA) is 42.1 Å². The summed E-state index contributed by atoms with van der Waals surface area (Å²) >= 11 is 3.39. The Balaban J connectivity index is 2.09. The van der Waals surface area contributed by atoms with Crippen LogP contribution in [0.4, 0.5) is 0 Å². The molecule has 0 aliphatic rings. The standard InChI is InChI=1S/C13H14BrNO2/c14-7-1-2-8-17-11-4-5-12-10(9-11)3-6-13(16)15-12/h3-6,9H,1-2,7-8H2,(H,15,16). The van der Waals surface area contributed by atoms with E-state index < -0.39 is 0 Å². The number of aromatic nitrogens is 1. The van der Waals surface area contributed by atoms with Crippen molar-refractivity contribution in [3.8, 4) is 5.75 Å². The fraction of sp³-hybridized carbons (Fsp3) is 0.308. The number of pyridine rings is 1. The van der Waals surface area contributed by atoms with Crippen LogP contribution in [0, 0.1) is 0 Å². The molecule has 0 amide bonds. The van der Waals surface area contributed by atoms with Crippen molar-refractivity contribution in [2.45, 2.75) is 12.8 Å². The highest BCUT2D eigenvalue weighted by Crippen LogP contribution is 2.18. The lowest BCUT2D eigenvalue weighted by Gasteiger charge is -2.06. The van der Waals surface area contributed by atoms with Crippen molar-refractivity contribution in [3.63, 3.8) is 0 Å². The van der Waals surface area contributed by atoms with Gasteiger partial charge >= 0.3 is 0 Å². The molecule has 0 aliphatic carbocycles. The number of unbranched alkanes of at least 4 members (excludes halogenated alkanes) is 1. The SMILES string of the molecule is O=c1ccc2cc(OCCCCBr)ccc2[nH]1. The molecule has 0 fully saturated rings. The number of rotatable bonds is 5. The molecule has 3 nitrogen and oxygen atoms in total. The molecule has 0 bridgehead atoms. The molecule has 1 aromatic carbocycles. The number of aromatic amines is 1. The number of halogens is 1. The minimum absolute atomic E-state index is 0.0801. The molecule has 2 aromatic rings. The third kappa shape index (κ3) is 3.33. The first-order chi connectivity index (χ1) is 8.29. The summed E-state index contributed by atoms with van der Waals surface area (Å²) in [6.45, 7) is 0.723. The average Bonchev–Trinajstić information content (AvgIpc) is 2.35. The number of nitrogens with one attached hydrogen (secondary N) is 1. The summed E-state index contributed by atoms with van der Waals surface area (Å²) in [6.07, 6.45) is 2.15. The predicted molar refractivity (Wildman–Crippen MR) is 73.1 cm³/mol. The van der Waals surface area contributed by atoms with Gasteiger partial charge in [0.25, 0.3) is 0 Å². The number of hydrogen-bond donors (Lipinski definition) is 1. The van der Waals surface area contributed by atoms with Gasteiger partial charge in [-0.1, -0.05) is 15.9 Å². The molecule has 0 saturated heterocycles. The summed E-state index contributed by atoms with van der Waals surface area (Å²) in [5, 5.41) is 2.00. The zero-order valence-electron chi connectivity index (χ0n) is 9.41. The van der Waals surface area contributed by atoms with Crippen molar-refractivity contribution in [2.75, 3.05) is 11.9 Å². The second-order valence-corrected chi connectivity index (χ2v) is 4.61. The molecule has 0 aliphatic heterocycles. The summed E-state index contributed by atoms with van der Waals surface area (Å²) in [5.41, 5.74) is 0.758. The molecular weight excluding hydrogens is 282 g/mol. The van der Waals surface area contributed by atoms with Gasteiger partial charge in [-0.3, -0.25) is 4.79 Å². The van der Waals surface area contributed by atoms with Crippen LogP contribution in [-0.4, -0.2) is 16.9 Å². The van der Waals surface area contributed by atoms with E-state index in [0.717, 1.165) is 41.4 Å². The fourth-order valence-corrected chi connectivity index (χ4v) is 2.01. The molecule has 90 valence electrons.